The SMILES string of the molecule is CCC[C@]1([N+](=O)[O-])COCN(C2CCCCC2)C1. The Kier molecular flexibility index (Phi) is 4.56. The summed E-state index contributed by atoms with van der Waals surface area (Å²) in [5.74, 6) is 0. The van der Waals surface area contributed by atoms with Gasteiger partial charge in [-0.2, -0.15) is 0 Å². The Morgan fingerprint density at radius 2 is 2.11 bits per heavy atom. The van der Waals surface area contributed by atoms with E-state index >= 15 is 0 Å². The van der Waals surface area contributed by atoms with Gasteiger partial charge in [0.1, 0.15) is 6.61 Å². The van der Waals surface area contributed by atoms with Crippen LogP contribution >= 0.6 is 0 Å². The van der Waals surface area contributed by atoms with E-state index in [4.69, 9.17) is 4.74 Å². The van der Waals surface area contributed by atoms with Crippen LogP contribution < -0.4 is 0 Å². The highest BCUT2D eigenvalue weighted by molar-refractivity contribution is 4.88. The molecule has 0 bridgehead atoms. The molecule has 0 spiro atoms. The van der Waals surface area contributed by atoms with Crippen molar-refractivity contribution in [3.8, 4) is 0 Å². The van der Waals surface area contributed by atoms with Gasteiger partial charge in [-0.15, -0.1) is 0 Å². The predicted octanol–water partition coefficient (Wildman–Crippen LogP) is 2.42. The summed E-state index contributed by atoms with van der Waals surface area (Å²) in [4.78, 5) is 13.5. The van der Waals surface area contributed by atoms with E-state index in [0.717, 1.165) is 6.42 Å². The smallest absolute Gasteiger partial charge is 0.257 e. The van der Waals surface area contributed by atoms with Crippen molar-refractivity contribution >= 4 is 0 Å². The lowest BCUT2D eigenvalue weighted by atomic mass is 9.89. The molecule has 0 aromatic carbocycles. The first kappa shape index (κ1) is 13.7. The van der Waals surface area contributed by atoms with Gasteiger partial charge in [0.2, 0.25) is 0 Å². The topological polar surface area (TPSA) is 55.6 Å². The predicted molar refractivity (Wildman–Crippen MR) is 69.0 cm³/mol. The molecule has 5 nitrogen and oxygen atoms in total. The van der Waals surface area contributed by atoms with Crippen LogP contribution in [0.15, 0.2) is 0 Å². The molecular formula is C13H24N2O3. The Bertz CT molecular complexity index is 288. The third-order valence-corrected chi connectivity index (χ3v) is 4.32. The van der Waals surface area contributed by atoms with Crippen molar-refractivity contribution in [1.29, 1.82) is 0 Å². The summed E-state index contributed by atoms with van der Waals surface area (Å²) in [5.41, 5.74) is -0.871. The zero-order chi connectivity index (χ0) is 13.0. The van der Waals surface area contributed by atoms with Crippen molar-refractivity contribution in [3.63, 3.8) is 0 Å². The Morgan fingerprint density at radius 3 is 2.72 bits per heavy atom. The van der Waals surface area contributed by atoms with Gasteiger partial charge < -0.3 is 4.74 Å². The van der Waals surface area contributed by atoms with Crippen molar-refractivity contribution < 1.29 is 9.66 Å². The van der Waals surface area contributed by atoms with Gasteiger partial charge in [0.25, 0.3) is 5.54 Å². The van der Waals surface area contributed by atoms with Crippen LogP contribution in [0.5, 0.6) is 0 Å². The third kappa shape index (κ3) is 2.83. The molecule has 1 heterocycles. The molecule has 18 heavy (non-hydrogen) atoms. The monoisotopic (exact) mass is 256 g/mol. The molecule has 2 fully saturated rings. The normalized spacial score (nSPS) is 31.4. The van der Waals surface area contributed by atoms with Crippen molar-refractivity contribution in [1.82, 2.24) is 4.90 Å². The molecule has 1 atom stereocenters. The molecule has 0 aromatic rings. The van der Waals surface area contributed by atoms with Gasteiger partial charge in [0.15, 0.2) is 0 Å². The molecular weight excluding hydrogens is 232 g/mol. The highest BCUT2D eigenvalue weighted by atomic mass is 16.6. The standard InChI is InChI=1S/C13H24N2O3/c1-2-8-13(15(16)17)9-14(11-18-10-13)12-6-4-3-5-7-12/h12H,2-11H2,1H3/t13-/m1/s1. The van der Waals surface area contributed by atoms with Gasteiger partial charge in [0, 0.05) is 17.4 Å². The minimum absolute atomic E-state index is 0.106. The van der Waals surface area contributed by atoms with Crippen LogP contribution in [0.1, 0.15) is 51.9 Å². The fourth-order valence-electron chi connectivity index (χ4n) is 3.32. The van der Waals surface area contributed by atoms with E-state index in [9.17, 15) is 10.1 Å². The average molecular weight is 256 g/mol. The lowest BCUT2D eigenvalue weighted by molar-refractivity contribution is -0.583. The van der Waals surface area contributed by atoms with Gasteiger partial charge in [-0.1, -0.05) is 26.2 Å². The minimum Gasteiger partial charge on any atom is -0.359 e. The van der Waals surface area contributed by atoms with Gasteiger partial charge in [-0.05, 0) is 19.3 Å². The maximum absolute atomic E-state index is 11.4. The molecule has 0 N–H and O–H groups in total. The largest absolute Gasteiger partial charge is 0.359 e. The number of rotatable bonds is 4. The Hall–Kier alpha value is -0.680. The summed E-state index contributed by atoms with van der Waals surface area (Å²) < 4.78 is 5.55. The van der Waals surface area contributed by atoms with Crippen LogP contribution in [0, 0.1) is 10.1 Å². The maximum Gasteiger partial charge on any atom is 0.257 e. The Balaban J connectivity index is 2.03. The van der Waals surface area contributed by atoms with Crippen LogP contribution in [0.3, 0.4) is 0 Å². The lowest BCUT2D eigenvalue weighted by Gasteiger charge is -2.41. The van der Waals surface area contributed by atoms with Crippen LogP contribution in [0.4, 0.5) is 0 Å². The van der Waals surface area contributed by atoms with Gasteiger partial charge in [-0.3, -0.25) is 15.0 Å². The van der Waals surface area contributed by atoms with E-state index in [0.29, 0.717) is 25.7 Å². The van der Waals surface area contributed by atoms with Crippen molar-refractivity contribution in [2.75, 3.05) is 19.9 Å². The molecule has 1 aliphatic carbocycles. The van der Waals surface area contributed by atoms with Crippen LogP contribution in [-0.2, 0) is 4.74 Å². The molecule has 5 heteroatoms. The summed E-state index contributed by atoms with van der Waals surface area (Å²) in [6, 6.07) is 0.496. The van der Waals surface area contributed by atoms with E-state index in [1.165, 1.54) is 32.1 Å². The number of hydrogen-bond donors (Lipinski definition) is 0. The first-order valence-corrected chi connectivity index (χ1v) is 7.14. The first-order chi connectivity index (χ1) is 8.68. The second kappa shape index (κ2) is 5.97. The van der Waals surface area contributed by atoms with Gasteiger partial charge in [-0.25, -0.2) is 0 Å². The molecule has 1 saturated heterocycles. The zero-order valence-electron chi connectivity index (χ0n) is 11.3. The number of ether oxygens (including phenoxy) is 1. The molecule has 2 rings (SSSR count). The summed E-state index contributed by atoms with van der Waals surface area (Å²) >= 11 is 0. The molecule has 0 amide bonds. The van der Waals surface area contributed by atoms with Crippen LogP contribution in [0.2, 0.25) is 0 Å². The molecule has 104 valence electrons. The second-order valence-corrected chi connectivity index (χ2v) is 5.75. The summed E-state index contributed by atoms with van der Waals surface area (Å²) in [7, 11) is 0. The van der Waals surface area contributed by atoms with Crippen molar-refractivity contribution in [2.45, 2.75) is 63.5 Å². The number of nitrogens with zero attached hydrogens (tertiary/aromatic N) is 2. The van der Waals surface area contributed by atoms with Crippen LogP contribution in [-0.4, -0.2) is 41.3 Å². The molecule has 2 aliphatic rings. The van der Waals surface area contributed by atoms with E-state index in [1.54, 1.807) is 0 Å². The molecule has 0 aromatic heterocycles. The number of nitro groups is 1. The molecule has 1 aliphatic heterocycles. The lowest BCUT2D eigenvalue weighted by Crippen LogP contribution is -2.59. The highest BCUT2D eigenvalue weighted by Gasteiger charge is 2.47. The Morgan fingerprint density at radius 1 is 1.39 bits per heavy atom. The highest BCUT2D eigenvalue weighted by Crippen LogP contribution is 2.29. The van der Waals surface area contributed by atoms with Crippen molar-refractivity contribution in [3.05, 3.63) is 10.1 Å². The van der Waals surface area contributed by atoms with E-state index in [1.807, 2.05) is 6.92 Å². The summed E-state index contributed by atoms with van der Waals surface area (Å²) in [6.45, 7) is 3.42. The van der Waals surface area contributed by atoms with Gasteiger partial charge in [0.05, 0.1) is 13.3 Å². The fraction of sp³-hybridized carbons (Fsp3) is 1.00. The molecule has 0 radical (unpaired) electrons. The zero-order valence-corrected chi connectivity index (χ0v) is 11.3. The maximum atomic E-state index is 11.4. The minimum atomic E-state index is -0.871. The summed E-state index contributed by atoms with van der Waals surface area (Å²) in [6.07, 6.45) is 7.60. The number of hydrogen-bond acceptors (Lipinski definition) is 4. The quantitative estimate of drug-likeness (QED) is 0.572. The fourth-order valence-corrected chi connectivity index (χ4v) is 3.32. The van der Waals surface area contributed by atoms with E-state index < -0.39 is 5.54 Å². The Labute approximate surface area is 109 Å². The summed E-state index contributed by atoms with van der Waals surface area (Å²) in [5, 5.41) is 11.4. The molecule has 1 saturated carbocycles. The van der Waals surface area contributed by atoms with Crippen molar-refractivity contribution in [2.24, 2.45) is 0 Å². The third-order valence-electron chi connectivity index (χ3n) is 4.32. The van der Waals surface area contributed by atoms with E-state index in [-0.39, 0.29) is 11.5 Å². The van der Waals surface area contributed by atoms with E-state index in [2.05, 4.69) is 4.90 Å². The first-order valence-electron chi connectivity index (χ1n) is 7.14. The van der Waals surface area contributed by atoms with Gasteiger partial charge >= 0.3 is 0 Å². The van der Waals surface area contributed by atoms with Crippen LogP contribution in [0.25, 0.3) is 0 Å². The second-order valence-electron chi connectivity index (χ2n) is 5.75. The average Bonchev–Trinajstić information content (AvgIpc) is 2.40. The molecule has 0 unspecified atom stereocenters.